The number of carbonyl (C=O) groups is 2. The normalized spacial score (nSPS) is 15.0. The molecule has 0 radical (unpaired) electrons. The molecule has 0 aromatic heterocycles. The fourth-order valence-electron chi connectivity index (χ4n) is 2.28. The lowest BCUT2D eigenvalue weighted by Crippen LogP contribution is -2.29. The second kappa shape index (κ2) is 6.87. The van der Waals surface area contributed by atoms with Gasteiger partial charge in [-0.15, -0.1) is 11.8 Å². The van der Waals surface area contributed by atoms with Crippen molar-refractivity contribution in [2.45, 2.75) is 29.0 Å². The van der Waals surface area contributed by atoms with Gasteiger partial charge in [0.25, 0.3) is 0 Å². The van der Waals surface area contributed by atoms with Gasteiger partial charge in [0.05, 0.1) is 5.56 Å². The molecule has 1 amide bonds. The lowest BCUT2D eigenvalue weighted by Gasteiger charge is -2.18. The highest BCUT2D eigenvalue weighted by molar-refractivity contribution is 8.00. The predicted octanol–water partition coefficient (Wildman–Crippen LogP) is 3.50. The van der Waals surface area contributed by atoms with Crippen molar-refractivity contribution in [2.75, 3.05) is 0 Å². The van der Waals surface area contributed by atoms with Gasteiger partial charge < -0.3 is 10.4 Å². The molecule has 2 aromatic rings. The number of carbonyl (C=O) groups excluding carboxylic acids is 1. The van der Waals surface area contributed by atoms with E-state index in [-0.39, 0.29) is 17.5 Å². The van der Waals surface area contributed by atoms with E-state index >= 15 is 0 Å². The third kappa shape index (κ3) is 3.93. The van der Waals surface area contributed by atoms with Gasteiger partial charge in [-0.25, -0.2) is 4.79 Å². The number of hydrogen-bond acceptors (Lipinski definition) is 3. The average molecular weight is 327 g/mol. The van der Waals surface area contributed by atoms with Gasteiger partial charge >= 0.3 is 5.97 Å². The van der Waals surface area contributed by atoms with Crippen LogP contribution in [0.2, 0.25) is 0 Å². The topological polar surface area (TPSA) is 66.4 Å². The van der Waals surface area contributed by atoms with Crippen LogP contribution < -0.4 is 5.32 Å². The van der Waals surface area contributed by atoms with E-state index in [1.807, 2.05) is 30.3 Å². The maximum absolute atomic E-state index is 12.6. The summed E-state index contributed by atoms with van der Waals surface area (Å²) in [6.45, 7) is 0. The van der Waals surface area contributed by atoms with Crippen LogP contribution in [0.1, 0.15) is 34.0 Å². The average Bonchev–Trinajstić information content (AvgIpc) is 3.37. The highest BCUT2D eigenvalue weighted by Crippen LogP contribution is 2.38. The summed E-state index contributed by atoms with van der Waals surface area (Å²) >= 11 is 1.28. The largest absolute Gasteiger partial charge is 0.478 e. The second-order valence-electron chi connectivity index (χ2n) is 5.49. The molecular formula is C18H17NO3S. The molecule has 1 atom stereocenters. The highest BCUT2D eigenvalue weighted by atomic mass is 32.2. The molecule has 0 saturated heterocycles. The quantitative estimate of drug-likeness (QED) is 0.797. The fourth-order valence-corrected chi connectivity index (χ4v) is 3.44. The van der Waals surface area contributed by atoms with E-state index in [4.69, 9.17) is 0 Å². The minimum atomic E-state index is -0.984. The fraction of sp³-hybridized carbons (Fsp3) is 0.222. The van der Waals surface area contributed by atoms with Gasteiger partial charge in [-0.1, -0.05) is 42.5 Å². The summed E-state index contributed by atoms with van der Waals surface area (Å²) in [5.41, 5.74) is 1.09. The molecule has 2 aromatic carbocycles. The van der Waals surface area contributed by atoms with Crippen LogP contribution >= 0.6 is 11.8 Å². The first-order valence-corrected chi connectivity index (χ1v) is 8.37. The van der Waals surface area contributed by atoms with Crippen LogP contribution in [0.25, 0.3) is 0 Å². The Morgan fingerprint density at radius 3 is 2.35 bits per heavy atom. The zero-order valence-electron chi connectivity index (χ0n) is 12.4. The number of thioether (sulfide) groups is 1. The third-order valence-electron chi connectivity index (χ3n) is 3.63. The van der Waals surface area contributed by atoms with Gasteiger partial charge in [0.2, 0.25) is 5.91 Å². The zero-order valence-corrected chi connectivity index (χ0v) is 13.3. The molecule has 0 unspecified atom stereocenters. The molecule has 0 heterocycles. The Labute approximate surface area is 138 Å². The Hall–Kier alpha value is -2.27. The number of rotatable bonds is 6. The minimum Gasteiger partial charge on any atom is -0.478 e. The Kier molecular flexibility index (Phi) is 4.67. The molecule has 1 saturated carbocycles. The summed E-state index contributed by atoms with van der Waals surface area (Å²) in [6.07, 6.45) is 2.03. The zero-order chi connectivity index (χ0) is 16.2. The number of carboxylic acid groups (broad SMARTS) is 1. The van der Waals surface area contributed by atoms with Crippen LogP contribution in [-0.2, 0) is 4.79 Å². The van der Waals surface area contributed by atoms with E-state index in [0.29, 0.717) is 4.90 Å². The van der Waals surface area contributed by atoms with Gasteiger partial charge in [-0.05, 0) is 30.5 Å². The second-order valence-corrected chi connectivity index (χ2v) is 6.64. The van der Waals surface area contributed by atoms with Crippen molar-refractivity contribution in [3.63, 3.8) is 0 Å². The molecule has 1 aliphatic rings. The molecule has 23 heavy (non-hydrogen) atoms. The van der Waals surface area contributed by atoms with Crippen LogP contribution in [0, 0.1) is 0 Å². The van der Waals surface area contributed by atoms with Crippen LogP contribution in [0.3, 0.4) is 0 Å². The van der Waals surface area contributed by atoms with Crippen LogP contribution in [-0.4, -0.2) is 23.0 Å². The molecule has 5 heteroatoms. The van der Waals surface area contributed by atoms with Crippen LogP contribution in [0.4, 0.5) is 0 Å². The standard InChI is InChI=1S/C18H17NO3S/c20-17(19-13-10-11-13)16(12-6-2-1-3-7-12)23-15-9-5-4-8-14(15)18(21)22/h1-9,13,16H,10-11H2,(H,19,20)(H,21,22)/t16-/m0/s1. The molecule has 0 bridgehead atoms. The Balaban J connectivity index is 1.89. The monoisotopic (exact) mass is 327 g/mol. The van der Waals surface area contributed by atoms with Gasteiger partial charge in [0.15, 0.2) is 0 Å². The number of nitrogens with one attached hydrogen (secondary N) is 1. The Morgan fingerprint density at radius 1 is 1.04 bits per heavy atom. The van der Waals surface area contributed by atoms with Gasteiger partial charge in [-0.3, -0.25) is 4.79 Å². The summed E-state index contributed by atoms with van der Waals surface area (Å²) in [5, 5.41) is 11.9. The molecule has 4 nitrogen and oxygen atoms in total. The Bertz CT molecular complexity index is 713. The lowest BCUT2D eigenvalue weighted by atomic mass is 10.1. The summed E-state index contributed by atoms with van der Waals surface area (Å²) in [7, 11) is 0. The maximum Gasteiger partial charge on any atom is 0.336 e. The highest BCUT2D eigenvalue weighted by Gasteiger charge is 2.29. The van der Waals surface area contributed by atoms with E-state index in [9.17, 15) is 14.7 Å². The summed E-state index contributed by atoms with van der Waals surface area (Å²) < 4.78 is 0. The van der Waals surface area contributed by atoms with Crippen molar-refractivity contribution in [3.05, 3.63) is 65.7 Å². The van der Waals surface area contributed by atoms with Crippen molar-refractivity contribution in [1.29, 1.82) is 0 Å². The minimum absolute atomic E-state index is 0.0658. The van der Waals surface area contributed by atoms with Gasteiger partial charge in [-0.2, -0.15) is 0 Å². The van der Waals surface area contributed by atoms with E-state index in [1.54, 1.807) is 24.3 Å². The van der Waals surface area contributed by atoms with Crippen molar-refractivity contribution in [2.24, 2.45) is 0 Å². The smallest absolute Gasteiger partial charge is 0.336 e. The van der Waals surface area contributed by atoms with Gasteiger partial charge in [0, 0.05) is 10.9 Å². The van der Waals surface area contributed by atoms with Crippen LogP contribution in [0.5, 0.6) is 0 Å². The molecule has 118 valence electrons. The number of carboxylic acids is 1. The molecule has 1 fully saturated rings. The SMILES string of the molecule is O=C(O)c1ccccc1S[C@H](C(=O)NC1CC1)c1ccccc1. The first-order valence-electron chi connectivity index (χ1n) is 7.49. The van der Waals surface area contributed by atoms with E-state index < -0.39 is 11.2 Å². The predicted molar refractivity (Wildman–Crippen MR) is 89.6 cm³/mol. The maximum atomic E-state index is 12.6. The summed E-state index contributed by atoms with van der Waals surface area (Å²) in [4.78, 5) is 24.6. The Morgan fingerprint density at radius 2 is 1.70 bits per heavy atom. The molecule has 1 aliphatic carbocycles. The van der Waals surface area contributed by atoms with Crippen molar-refractivity contribution >= 4 is 23.6 Å². The number of aromatic carboxylic acids is 1. The number of benzene rings is 2. The number of amides is 1. The lowest BCUT2D eigenvalue weighted by molar-refractivity contribution is -0.120. The van der Waals surface area contributed by atoms with Crippen molar-refractivity contribution < 1.29 is 14.7 Å². The van der Waals surface area contributed by atoms with E-state index in [2.05, 4.69) is 5.32 Å². The van der Waals surface area contributed by atoms with Gasteiger partial charge in [0.1, 0.15) is 5.25 Å². The third-order valence-corrected chi connectivity index (χ3v) is 4.96. The molecular weight excluding hydrogens is 310 g/mol. The molecule has 0 spiro atoms. The summed E-state index contributed by atoms with van der Waals surface area (Å²) in [5.74, 6) is -1.05. The van der Waals surface area contributed by atoms with Crippen molar-refractivity contribution in [1.82, 2.24) is 5.32 Å². The first kappa shape index (κ1) is 15.6. The molecule has 2 N–H and O–H groups in total. The van der Waals surface area contributed by atoms with E-state index in [0.717, 1.165) is 18.4 Å². The number of hydrogen-bond donors (Lipinski definition) is 2. The van der Waals surface area contributed by atoms with E-state index in [1.165, 1.54) is 11.8 Å². The molecule has 0 aliphatic heterocycles. The van der Waals surface area contributed by atoms with Crippen LogP contribution in [0.15, 0.2) is 59.5 Å². The first-order chi connectivity index (χ1) is 11.1. The van der Waals surface area contributed by atoms with Crippen molar-refractivity contribution in [3.8, 4) is 0 Å². The molecule has 3 rings (SSSR count). The summed E-state index contributed by atoms with van der Waals surface area (Å²) in [6, 6.07) is 16.5.